The Balaban J connectivity index is 0.000000892. The maximum atomic E-state index is 15.1. The highest BCUT2D eigenvalue weighted by molar-refractivity contribution is 7.97. The molecule has 0 spiro atoms. The molecule has 13 heteroatoms. The fraction of sp³-hybridized carbons (Fsp3) is 0.545. The van der Waals surface area contributed by atoms with E-state index < -0.39 is 11.5 Å². The van der Waals surface area contributed by atoms with Crippen LogP contribution in [0.5, 0.6) is 0 Å². The number of primary amides is 1. The molecule has 10 nitrogen and oxygen atoms in total. The zero-order valence-corrected chi connectivity index (χ0v) is 28.1. The number of nitrogens with two attached hydrogens (primary N) is 1. The number of halogens is 2. The van der Waals surface area contributed by atoms with E-state index >= 15 is 4.39 Å². The van der Waals surface area contributed by atoms with Gasteiger partial charge in [0, 0.05) is 72.1 Å². The van der Waals surface area contributed by atoms with E-state index in [1.165, 1.54) is 26.0 Å². The van der Waals surface area contributed by atoms with Gasteiger partial charge < -0.3 is 30.7 Å². The Morgan fingerprint density at radius 2 is 1.89 bits per heavy atom. The molecule has 2 aromatic rings. The van der Waals surface area contributed by atoms with Gasteiger partial charge in [-0.1, -0.05) is 41.7 Å². The third-order valence-electron chi connectivity index (χ3n) is 8.93. The van der Waals surface area contributed by atoms with Crippen molar-refractivity contribution in [1.29, 1.82) is 0 Å². The number of carbonyl (C=O) groups is 3. The fourth-order valence-electron chi connectivity index (χ4n) is 6.39. The summed E-state index contributed by atoms with van der Waals surface area (Å²) in [5, 5.41) is 7.35. The minimum Gasteiger partial charge on any atom is -0.453 e. The second-order valence-electron chi connectivity index (χ2n) is 11.9. The van der Waals surface area contributed by atoms with Crippen LogP contribution in [0, 0.1) is 5.82 Å². The van der Waals surface area contributed by atoms with E-state index in [1.807, 2.05) is 36.2 Å². The third kappa shape index (κ3) is 9.73. The minimum absolute atomic E-state index is 0.165. The third-order valence-corrected chi connectivity index (χ3v) is 10.4. The lowest BCUT2D eigenvalue weighted by atomic mass is 9.70. The van der Waals surface area contributed by atoms with Crippen molar-refractivity contribution in [3.8, 4) is 0 Å². The summed E-state index contributed by atoms with van der Waals surface area (Å²) >= 11 is 8.08. The van der Waals surface area contributed by atoms with E-state index in [-0.39, 0.29) is 24.2 Å². The number of fused-ring (bicyclic) bond motifs is 2. The number of amides is 3. The van der Waals surface area contributed by atoms with Crippen LogP contribution in [-0.2, 0) is 26.1 Å². The smallest absolute Gasteiger partial charge is 0.409 e. The fourth-order valence-corrected chi connectivity index (χ4v) is 7.72. The first-order valence-electron chi connectivity index (χ1n) is 15.9. The van der Waals surface area contributed by atoms with E-state index in [9.17, 15) is 14.4 Å². The first kappa shape index (κ1) is 35.8. The molecule has 0 radical (unpaired) electrons. The van der Waals surface area contributed by atoms with Crippen LogP contribution >= 0.6 is 23.5 Å². The van der Waals surface area contributed by atoms with Crippen molar-refractivity contribution in [2.75, 3.05) is 51.0 Å². The van der Waals surface area contributed by atoms with E-state index in [0.29, 0.717) is 67.3 Å². The standard InChI is InChI=1S/C31H40ClFN4O3S.C2H5NO2/c1-2-40-30(39)36-16-14-31(15-17-36,22-8-10-23(32)11-9-22)19-29(38)35-28-7-3-6-27(33)26(28)13-12-25-20-34-24-5-4-18-41-37(25)21-24;1-5-2(3)4/h3,6-11,24-25,34H,2,4-5,12-21H2,1H3,(H,35,38);1H3,(H2,3,4)/t24-,25?;/m1./s1. The lowest BCUT2D eigenvalue weighted by molar-refractivity contribution is -0.117. The highest BCUT2D eigenvalue weighted by Crippen LogP contribution is 2.40. The van der Waals surface area contributed by atoms with Crippen LogP contribution in [0.2, 0.25) is 5.02 Å². The van der Waals surface area contributed by atoms with Gasteiger partial charge in [0.2, 0.25) is 5.91 Å². The van der Waals surface area contributed by atoms with Gasteiger partial charge in [0.15, 0.2) is 0 Å². The Kier molecular flexibility index (Phi) is 13.4. The zero-order chi connectivity index (χ0) is 33.1. The number of rotatable bonds is 8. The number of piperazine rings is 1. The number of carbonyl (C=O) groups excluding carboxylic acids is 3. The number of hydrogen-bond acceptors (Lipinski definition) is 8. The number of nitrogens with one attached hydrogen (secondary N) is 2. The van der Waals surface area contributed by atoms with Crippen LogP contribution in [0.4, 0.5) is 19.7 Å². The van der Waals surface area contributed by atoms with Gasteiger partial charge in [-0.25, -0.2) is 18.3 Å². The van der Waals surface area contributed by atoms with Crippen LogP contribution in [0.15, 0.2) is 42.5 Å². The molecule has 252 valence electrons. The molecule has 3 aliphatic heterocycles. The SMILES string of the molecule is CCOC(=O)N1CCC(CC(=O)Nc2cccc(F)c2CCC2CN[C@@H]3CCCSN2C3)(c2ccc(Cl)cc2)CC1.COC(N)=O. The topological polar surface area (TPSA) is 126 Å². The highest BCUT2D eigenvalue weighted by atomic mass is 35.5. The predicted molar refractivity (Wildman–Crippen MR) is 179 cm³/mol. The quantitative estimate of drug-likeness (QED) is 0.303. The summed E-state index contributed by atoms with van der Waals surface area (Å²) in [6, 6.07) is 13.4. The average molecular weight is 678 g/mol. The Bertz CT molecular complexity index is 1330. The number of likely N-dealkylation sites (tertiary alicyclic amines) is 1. The van der Waals surface area contributed by atoms with Crippen LogP contribution in [0.3, 0.4) is 0 Å². The van der Waals surface area contributed by atoms with Gasteiger partial charge in [-0.3, -0.25) is 4.79 Å². The molecule has 46 heavy (non-hydrogen) atoms. The van der Waals surface area contributed by atoms with Crippen molar-refractivity contribution >= 4 is 47.3 Å². The molecule has 0 aliphatic carbocycles. The Labute approximate surface area is 280 Å². The molecule has 2 bridgehead atoms. The summed E-state index contributed by atoms with van der Waals surface area (Å²) in [4.78, 5) is 37.0. The lowest BCUT2D eigenvalue weighted by Crippen LogP contribution is -2.53. The molecule has 3 atom stereocenters. The van der Waals surface area contributed by atoms with Crippen molar-refractivity contribution in [2.24, 2.45) is 5.73 Å². The van der Waals surface area contributed by atoms with Gasteiger partial charge in [0.1, 0.15) is 5.82 Å². The lowest BCUT2D eigenvalue weighted by Gasteiger charge is -2.41. The molecule has 3 fully saturated rings. The molecule has 3 amide bonds. The first-order valence-corrected chi connectivity index (χ1v) is 17.2. The van der Waals surface area contributed by atoms with Gasteiger partial charge >= 0.3 is 12.2 Å². The number of nitrogens with zero attached hydrogens (tertiary/aromatic N) is 2. The summed E-state index contributed by atoms with van der Waals surface area (Å²) in [6.07, 6.45) is 4.16. The number of methoxy groups -OCH3 is 1. The molecule has 3 saturated heterocycles. The van der Waals surface area contributed by atoms with Gasteiger partial charge in [-0.05, 0) is 75.3 Å². The largest absolute Gasteiger partial charge is 0.453 e. The molecule has 2 aromatic carbocycles. The molecule has 3 aliphatic rings. The summed E-state index contributed by atoms with van der Waals surface area (Å²) in [5.74, 6) is 0.674. The maximum Gasteiger partial charge on any atom is 0.409 e. The van der Waals surface area contributed by atoms with Crippen molar-refractivity contribution in [2.45, 2.75) is 69.4 Å². The summed E-state index contributed by atoms with van der Waals surface area (Å²) in [5.41, 5.74) is 6.06. The number of piperidine rings is 1. The number of benzene rings is 2. The summed E-state index contributed by atoms with van der Waals surface area (Å²) in [6.45, 7) is 5.02. The molecular weight excluding hydrogens is 633 g/mol. The summed E-state index contributed by atoms with van der Waals surface area (Å²) in [7, 11) is 1.22. The van der Waals surface area contributed by atoms with Gasteiger partial charge in [-0.15, -0.1) is 0 Å². The van der Waals surface area contributed by atoms with Crippen LogP contribution in [-0.4, -0.2) is 85.0 Å². The van der Waals surface area contributed by atoms with E-state index in [2.05, 4.69) is 25.4 Å². The molecule has 0 saturated carbocycles. The van der Waals surface area contributed by atoms with Gasteiger partial charge in [0.05, 0.1) is 13.7 Å². The minimum atomic E-state index is -0.745. The normalized spacial score (nSPS) is 22.0. The molecule has 0 aromatic heterocycles. The first-order chi connectivity index (χ1) is 22.1. The second-order valence-corrected chi connectivity index (χ2v) is 13.4. The number of hydrogen-bond donors (Lipinski definition) is 3. The second kappa shape index (κ2) is 17.2. The average Bonchev–Trinajstić information content (AvgIpc) is 3.24. The van der Waals surface area contributed by atoms with Crippen LogP contribution in [0.1, 0.15) is 56.6 Å². The van der Waals surface area contributed by atoms with Gasteiger partial charge in [0.25, 0.3) is 0 Å². The molecule has 2 unspecified atom stereocenters. The zero-order valence-electron chi connectivity index (χ0n) is 26.6. The Hall–Kier alpha value is -3.06. The Morgan fingerprint density at radius 1 is 1.17 bits per heavy atom. The Morgan fingerprint density at radius 3 is 2.57 bits per heavy atom. The van der Waals surface area contributed by atoms with Crippen LogP contribution in [0.25, 0.3) is 0 Å². The number of ether oxygens (including phenoxy) is 2. The van der Waals surface area contributed by atoms with E-state index in [1.54, 1.807) is 24.0 Å². The van der Waals surface area contributed by atoms with Crippen molar-refractivity contribution in [3.05, 3.63) is 64.4 Å². The summed E-state index contributed by atoms with van der Waals surface area (Å²) < 4.78 is 26.7. The monoisotopic (exact) mass is 677 g/mol. The van der Waals surface area contributed by atoms with E-state index in [0.717, 1.165) is 30.8 Å². The van der Waals surface area contributed by atoms with Gasteiger partial charge in [-0.2, -0.15) is 0 Å². The van der Waals surface area contributed by atoms with Crippen molar-refractivity contribution in [1.82, 2.24) is 14.5 Å². The molecule has 5 rings (SSSR count). The van der Waals surface area contributed by atoms with Crippen molar-refractivity contribution < 1.29 is 28.2 Å². The van der Waals surface area contributed by atoms with E-state index in [4.69, 9.17) is 16.3 Å². The highest BCUT2D eigenvalue weighted by Gasteiger charge is 2.40. The number of anilines is 1. The molecular formula is C33H45ClFN5O5S. The van der Waals surface area contributed by atoms with Crippen molar-refractivity contribution in [3.63, 3.8) is 0 Å². The molecule has 4 N–H and O–H groups in total. The maximum absolute atomic E-state index is 15.1. The predicted octanol–water partition coefficient (Wildman–Crippen LogP) is 5.73. The molecule has 3 heterocycles. The van der Waals surface area contributed by atoms with Crippen LogP contribution < -0.4 is 16.4 Å².